The van der Waals surface area contributed by atoms with Crippen molar-refractivity contribution >= 4 is 39.3 Å². The molecule has 0 bridgehead atoms. The van der Waals surface area contributed by atoms with E-state index >= 15 is 0 Å². The Morgan fingerprint density at radius 1 is 1.33 bits per heavy atom. The van der Waals surface area contributed by atoms with Crippen LogP contribution in [0.1, 0.15) is 0 Å². The van der Waals surface area contributed by atoms with Crippen molar-refractivity contribution in [1.82, 2.24) is 9.55 Å². The summed E-state index contributed by atoms with van der Waals surface area (Å²) in [5.41, 5.74) is 0.631. The van der Waals surface area contributed by atoms with E-state index in [2.05, 4.69) is 26.2 Å². The van der Waals surface area contributed by atoms with Crippen LogP contribution in [-0.2, 0) is 11.3 Å². The van der Waals surface area contributed by atoms with Gasteiger partial charge >= 0.3 is 0 Å². The van der Waals surface area contributed by atoms with Crippen molar-refractivity contribution in [2.24, 2.45) is 5.92 Å². The van der Waals surface area contributed by atoms with E-state index < -0.39 is 0 Å². The summed E-state index contributed by atoms with van der Waals surface area (Å²) in [5, 5.41) is 3.56. The maximum atomic E-state index is 12.3. The number of carbonyl (C=O) groups is 1. The average Bonchev–Trinajstić information content (AvgIpc) is 2.50. The van der Waals surface area contributed by atoms with Gasteiger partial charge in [-0.2, -0.15) is 0 Å². The number of fused-ring (bicyclic) bond motifs is 1. The van der Waals surface area contributed by atoms with Crippen LogP contribution in [0.15, 0.2) is 51.0 Å². The summed E-state index contributed by atoms with van der Waals surface area (Å²) >= 11 is 4.79. The molecule has 2 aromatic rings. The molecule has 1 atom stereocenters. The van der Waals surface area contributed by atoms with E-state index in [1.807, 2.05) is 24.3 Å². The van der Waals surface area contributed by atoms with Crippen LogP contribution in [0.3, 0.4) is 0 Å². The molecule has 0 saturated carbocycles. The minimum absolute atomic E-state index is 0.0776. The molecule has 1 amide bonds. The third-order valence-corrected chi connectivity index (χ3v) is 4.88. The van der Waals surface area contributed by atoms with Crippen LogP contribution in [0.25, 0.3) is 0 Å². The number of benzene rings is 1. The highest BCUT2D eigenvalue weighted by molar-refractivity contribution is 9.10. The molecule has 7 heteroatoms. The fourth-order valence-electron chi connectivity index (χ4n) is 2.09. The molecular formula is C14H12BrN3O2S. The minimum atomic E-state index is -0.243. The van der Waals surface area contributed by atoms with Gasteiger partial charge in [0, 0.05) is 34.7 Å². The fourth-order valence-corrected chi connectivity index (χ4v) is 3.41. The Morgan fingerprint density at radius 2 is 2.10 bits per heavy atom. The maximum Gasteiger partial charge on any atom is 0.254 e. The van der Waals surface area contributed by atoms with Gasteiger partial charge in [-0.3, -0.25) is 14.2 Å². The zero-order valence-corrected chi connectivity index (χ0v) is 13.4. The minimum Gasteiger partial charge on any atom is -0.326 e. The number of hydrogen-bond donors (Lipinski definition) is 1. The summed E-state index contributed by atoms with van der Waals surface area (Å²) in [7, 11) is 0. The summed E-state index contributed by atoms with van der Waals surface area (Å²) in [5.74, 6) is 0.304. The lowest BCUT2D eigenvalue weighted by Gasteiger charge is -2.23. The van der Waals surface area contributed by atoms with Crippen LogP contribution in [0.4, 0.5) is 5.69 Å². The molecule has 1 aliphatic rings. The van der Waals surface area contributed by atoms with E-state index in [0.29, 0.717) is 17.5 Å². The molecule has 0 radical (unpaired) electrons. The number of nitrogens with zero attached hydrogens (tertiary/aromatic N) is 2. The van der Waals surface area contributed by atoms with Crippen molar-refractivity contribution in [3.05, 3.63) is 51.4 Å². The van der Waals surface area contributed by atoms with Gasteiger partial charge in [-0.25, -0.2) is 4.98 Å². The van der Waals surface area contributed by atoms with Crippen molar-refractivity contribution in [2.75, 3.05) is 11.1 Å². The molecule has 0 spiro atoms. The zero-order valence-electron chi connectivity index (χ0n) is 11.0. The van der Waals surface area contributed by atoms with Gasteiger partial charge in [-0.1, -0.05) is 27.7 Å². The summed E-state index contributed by atoms with van der Waals surface area (Å²) in [6.45, 7) is 0.372. The van der Waals surface area contributed by atoms with Crippen molar-refractivity contribution in [2.45, 2.75) is 11.7 Å². The summed E-state index contributed by atoms with van der Waals surface area (Å²) < 4.78 is 2.51. The summed E-state index contributed by atoms with van der Waals surface area (Å²) in [6.07, 6.45) is 1.50. The molecular weight excluding hydrogens is 354 g/mol. The average molecular weight is 366 g/mol. The first-order valence-corrected chi connectivity index (χ1v) is 8.16. The normalized spacial score (nSPS) is 17.1. The number of thioether (sulfide) groups is 1. The van der Waals surface area contributed by atoms with Gasteiger partial charge < -0.3 is 5.32 Å². The lowest BCUT2D eigenvalue weighted by atomic mass is 10.1. The van der Waals surface area contributed by atoms with Crippen LogP contribution in [-0.4, -0.2) is 21.2 Å². The second-order valence-electron chi connectivity index (χ2n) is 4.68. The molecule has 21 heavy (non-hydrogen) atoms. The second-order valence-corrected chi connectivity index (χ2v) is 6.58. The Hall–Kier alpha value is -1.60. The molecule has 1 N–H and O–H groups in total. The lowest BCUT2D eigenvalue weighted by Crippen LogP contribution is -2.36. The van der Waals surface area contributed by atoms with Gasteiger partial charge in [0.2, 0.25) is 5.91 Å². The van der Waals surface area contributed by atoms with Gasteiger partial charge in [0.15, 0.2) is 5.16 Å². The molecule has 0 aliphatic carbocycles. The van der Waals surface area contributed by atoms with E-state index in [0.717, 1.165) is 10.2 Å². The number of amides is 1. The fraction of sp³-hybridized carbons (Fsp3) is 0.214. The highest BCUT2D eigenvalue weighted by atomic mass is 79.9. The van der Waals surface area contributed by atoms with Gasteiger partial charge in [-0.15, -0.1) is 0 Å². The van der Waals surface area contributed by atoms with Crippen molar-refractivity contribution in [3.8, 4) is 0 Å². The third kappa shape index (κ3) is 3.19. The maximum absolute atomic E-state index is 12.3. The number of rotatable bonds is 2. The molecule has 108 valence electrons. The van der Waals surface area contributed by atoms with Crippen molar-refractivity contribution in [3.63, 3.8) is 0 Å². The summed E-state index contributed by atoms with van der Waals surface area (Å²) in [6, 6.07) is 8.82. The zero-order chi connectivity index (χ0) is 14.8. The van der Waals surface area contributed by atoms with E-state index in [-0.39, 0.29) is 17.4 Å². The van der Waals surface area contributed by atoms with Gasteiger partial charge in [-0.05, 0) is 24.3 Å². The predicted octanol–water partition coefficient (Wildman–Crippen LogP) is 2.37. The molecule has 1 aromatic carbocycles. The Balaban J connectivity index is 1.74. The quantitative estimate of drug-likeness (QED) is 0.829. The number of hydrogen-bond acceptors (Lipinski definition) is 4. The molecule has 1 unspecified atom stereocenters. The third-order valence-electron chi connectivity index (χ3n) is 3.20. The van der Waals surface area contributed by atoms with Crippen molar-refractivity contribution in [1.29, 1.82) is 0 Å². The first-order chi connectivity index (χ1) is 10.1. The van der Waals surface area contributed by atoms with Gasteiger partial charge in [0.1, 0.15) is 0 Å². The molecule has 5 nitrogen and oxygen atoms in total. The van der Waals surface area contributed by atoms with E-state index in [9.17, 15) is 9.59 Å². The standard InChI is InChI=1S/C14H12BrN3O2S/c15-10-1-3-11(4-2-10)17-13(20)9-7-18-12(19)5-6-16-14(18)21-8-9/h1-6,9H,7-8H2,(H,17,20). The molecule has 0 fully saturated rings. The highest BCUT2D eigenvalue weighted by Crippen LogP contribution is 2.25. The lowest BCUT2D eigenvalue weighted by molar-refractivity contribution is -0.119. The predicted molar refractivity (Wildman–Crippen MR) is 85.5 cm³/mol. The van der Waals surface area contributed by atoms with Gasteiger partial charge in [0.05, 0.1) is 5.92 Å². The van der Waals surface area contributed by atoms with Crippen LogP contribution in [0.2, 0.25) is 0 Å². The smallest absolute Gasteiger partial charge is 0.254 e. The molecule has 1 aliphatic heterocycles. The highest BCUT2D eigenvalue weighted by Gasteiger charge is 2.26. The Kier molecular flexibility index (Phi) is 4.12. The van der Waals surface area contributed by atoms with Crippen LogP contribution < -0.4 is 10.9 Å². The van der Waals surface area contributed by atoms with E-state index in [1.165, 1.54) is 24.0 Å². The Morgan fingerprint density at radius 3 is 2.86 bits per heavy atom. The Bertz CT molecular complexity index is 730. The largest absolute Gasteiger partial charge is 0.326 e. The molecule has 2 heterocycles. The van der Waals surface area contributed by atoms with E-state index in [1.54, 1.807) is 4.57 Å². The van der Waals surface area contributed by atoms with Gasteiger partial charge in [0.25, 0.3) is 5.56 Å². The van der Waals surface area contributed by atoms with Crippen LogP contribution in [0, 0.1) is 5.92 Å². The molecule has 1 aromatic heterocycles. The topological polar surface area (TPSA) is 64.0 Å². The summed E-state index contributed by atoms with van der Waals surface area (Å²) in [4.78, 5) is 28.3. The van der Waals surface area contributed by atoms with E-state index in [4.69, 9.17) is 0 Å². The first-order valence-electron chi connectivity index (χ1n) is 6.38. The molecule has 3 rings (SSSR count). The first kappa shape index (κ1) is 14.3. The monoisotopic (exact) mass is 365 g/mol. The molecule has 0 saturated heterocycles. The Labute approximate surface area is 133 Å². The number of nitrogens with one attached hydrogen (secondary N) is 1. The number of halogens is 1. The van der Waals surface area contributed by atoms with Crippen LogP contribution >= 0.6 is 27.7 Å². The number of anilines is 1. The van der Waals surface area contributed by atoms with Crippen LogP contribution in [0.5, 0.6) is 0 Å². The van der Waals surface area contributed by atoms with Crippen molar-refractivity contribution < 1.29 is 4.79 Å². The second kappa shape index (κ2) is 6.03. The number of carbonyl (C=O) groups excluding carboxylic acids is 1. The SMILES string of the molecule is O=C(Nc1ccc(Br)cc1)C1CSc2nccc(=O)n2C1. The number of aromatic nitrogens is 2.